The molecule has 0 bridgehead atoms. The van der Waals surface area contributed by atoms with E-state index in [1.165, 1.54) is 18.2 Å². The number of ether oxygens (including phenoxy) is 1. The standard InChI is InChI=1S/C14H16Cl2FNO2/c1-14(2)8-18(7-9(6-15)20-14)13(19)10-4-3-5-11(17)12(10)16/h3-5,9H,6-8H2,1-2H3. The summed E-state index contributed by atoms with van der Waals surface area (Å²) < 4.78 is 19.2. The summed E-state index contributed by atoms with van der Waals surface area (Å²) in [6.45, 7) is 4.56. The molecule has 0 aliphatic carbocycles. The summed E-state index contributed by atoms with van der Waals surface area (Å²) >= 11 is 11.7. The number of nitrogens with zero attached hydrogens (tertiary/aromatic N) is 1. The maximum atomic E-state index is 13.5. The first-order chi connectivity index (χ1) is 9.34. The lowest BCUT2D eigenvalue weighted by Gasteiger charge is -2.42. The van der Waals surface area contributed by atoms with E-state index in [9.17, 15) is 9.18 Å². The molecule has 1 atom stereocenters. The van der Waals surface area contributed by atoms with Crippen LogP contribution in [0.3, 0.4) is 0 Å². The molecule has 110 valence electrons. The number of hydrogen-bond donors (Lipinski definition) is 0. The van der Waals surface area contributed by atoms with Crippen molar-refractivity contribution in [1.82, 2.24) is 4.90 Å². The molecule has 0 N–H and O–H groups in total. The zero-order valence-corrected chi connectivity index (χ0v) is 12.8. The van der Waals surface area contributed by atoms with E-state index in [-0.39, 0.29) is 22.6 Å². The van der Waals surface area contributed by atoms with Crippen LogP contribution in [0.25, 0.3) is 0 Å². The van der Waals surface area contributed by atoms with Gasteiger partial charge in [-0.1, -0.05) is 17.7 Å². The molecule has 1 amide bonds. The molecule has 0 radical (unpaired) electrons. The average Bonchev–Trinajstić information content (AvgIpc) is 2.39. The summed E-state index contributed by atoms with van der Waals surface area (Å²) in [6.07, 6.45) is -0.239. The first-order valence-electron chi connectivity index (χ1n) is 6.31. The van der Waals surface area contributed by atoms with E-state index in [2.05, 4.69) is 0 Å². The number of carbonyl (C=O) groups excluding carboxylic acids is 1. The average molecular weight is 320 g/mol. The van der Waals surface area contributed by atoms with Gasteiger partial charge in [0.05, 0.1) is 28.2 Å². The van der Waals surface area contributed by atoms with Crippen molar-refractivity contribution in [3.05, 3.63) is 34.6 Å². The van der Waals surface area contributed by atoms with Crippen LogP contribution in [0.5, 0.6) is 0 Å². The molecule has 20 heavy (non-hydrogen) atoms. The summed E-state index contributed by atoms with van der Waals surface area (Å²) in [6, 6.07) is 4.22. The van der Waals surface area contributed by atoms with Crippen LogP contribution >= 0.6 is 23.2 Å². The normalized spacial score (nSPS) is 21.9. The van der Waals surface area contributed by atoms with Gasteiger partial charge in [0.1, 0.15) is 5.82 Å². The molecule has 1 aromatic carbocycles. The van der Waals surface area contributed by atoms with Crippen molar-refractivity contribution < 1.29 is 13.9 Å². The van der Waals surface area contributed by atoms with Gasteiger partial charge in [-0.3, -0.25) is 4.79 Å². The number of halogens is 3. The molecule has 0 saturated carbocycles. The number of amides is 1. The number of hydrogen-bond acceptors (Lipinski definition) is 2. The fourth-order valence-electron chi connectivity index (χ4n) is 2.37. The van der Waals surface area contributed by atoms with Crippen LogP contribution in [-0.4, -0.2) is 41.5 Å². The van der Waals surface area contributed by atoms with Crippen molar-refractivity contribution in [3.63, 3.8) is 0 Å². The second kappa shape index (κ2) is 5.88. The summed E-state index contributed by atoms with van der Waals surface area (Å²) in [4.78, 5) is 14.1. The third-order valence-corrected chi connectivity index (χ3v) is 3.85. The van der Waals surface area contributed by atoms with E-state index < -0.39 is 11.4 Å². The molecule has 1 aliphatic heterocycles. The molecular weight excluding hydrogens is 304 g/mol. The second-order valence-corrected chi connectivity index (χ2v) is 6.13. The monoisotopic (exact) mass is 319 g/mol. The third kappa shape index (κ3) is 3.25. The molecule has 2 rings (SSSR count). The topological polar surface area (TPSA) is 29.5 Å². The zero-order chi connectivity index (χ0) is 14.9. The van der Waals surface area contributed by atoms with Crippen molar-refractivity contribution in [2.24, 2.45) is 0 Å². The SMILES string of the molecule is CC1(C)CN(C(=O)c2cccc(F)c2Cl)CC(CCl)O1. The number of alkyl halides is 1. The van der Waals surface area contributed by atoms with Crippen LogP contribution in [0.2, 0.25) is 5.02 Å². The van der Waals surface area contributed by atoms with Gasteiger partial charge in [-0.25, -0.2) is 4.39 Å². The highest BCUT2D eigenvalue weighted by atomic mass is 35.5. The zero-order valence-electron chi connectivity index (χ0n) is 11.3. The van der Waals surface area contributed by atoms with Gasteiger partial charge in [-0.2, -0.15) is 0 Å². The van der Waals surface area contributed by atoms with Gasteiger partial charge in [0.15, 0.2) is 0 Å². The van der Waals surface area contributed by atoms with Gasteiger partial charge < -0.3 is 9.64 Å². The van der Waals surface area contributed by atoms with Crippen LogP contribution < -0.4 is 0 Å². The van der Waals surface area contributed by atoms with Crippen molar-refractivity contribution in [1.29, 1.82) is 0 Å². The van der Waals surface area contributed by atoms with Gasteiger partial charge in [0.25, 0.3) is 5.91 Å². The quantitative estimate of drug-likeness (QED) is 0.782. The summed E-state index contributed by atoms with van der Waals surface area (Å²) in [5.74, 6) is -0.607. The lowest BCUT2D eigenvalue weighted by molar-refractivity contribution is -0.117. The fourth-order valence-corrected chi connectivity index (χ4v) is 2.74. The predicted octanol–water partition coefficient (Wildman–Crippen LogP) is 3.34. The summed E-state index contributed by atoms with van der Waals surface area (Å²) in [7, 11) is 0. The van der Waals surface area contributed by atoms with E-state index in [0.29, 0.717) is 19.0 Å². The van der Waals surface area contributed by atoms with Crippen molar-refractivity contribution in [2.75, 3.05) is 19.0 Å². The molecule has 1 heterocycles. The Labute approximate surface area is 127 Å². The molecule has 1 aromatic rings. The molecule has 0 spiro atoms. The largest absolute Gasteiger partial charge is 0.367 e. The first kappa shape index (κ1) is 15.5. The first-order valence-corrected chi connectivity index (χ1v) is 7.22. The van der Waals surface area contributed by atoms with Gasteiger partial charge in [0.2, 0.25) is 0 Å². The maximum absolute atomic E-state index is 13.5. The highest BCUT2D eigenvalue weighted by molar-refractivity contribution is 6.34. The minimum atomic E-state index is -0.598. The van der Waals surface area contributed by atoms with Crippen LogP contribution in [0, 0.1) is 5.82 Å². The number of rotatable bonds is 2. The highest BCUT2D eigenvalue weighted by Crippen LogP contribution is 2.26. The highest BCUT2D eigenvalue weighted by Gasteiger charge is 2.36. The predicted molar refractivity (Wildman–Crippen MR) is 77.0 cm³/mol. The Morgan fingerprint density at radius 3 is 2.90 bits per heavy atom. The molecule has 1 aliphatic rings. The van der Waals surface area contributed by atoms with Gasteiger partial charge in [-0.15, -0.1) is 11.6 Å². The van der Waals surface area contributed by atoms with E-state index in [1.807, 2.05) is 13.8 Å². The minimum absolute atomic E-state index is 0.149. The summed E-state index contributed by atoms with van der Waals surface area (Å²) in [5, 5.41) is -0.149. The molecule has 0 aromatic heterocycles. The Bertz CT molecular complexity index is 522. The van der Waals surface area contributed by atoms with Crippen molar-refractivity contribution >= 4 is 29.1 Å². The maximum Gasteiger partial charge on any atom is 0.255 e. The lowest BCUT2D eigenvalue weighted by atomic mass is 10.0. The van der Waals surface area contributed by atoms with Crippen LogP contribution in [0.4, 0.5) is 4.39 Å². The number of morpholine rings is 1. The molecule has 1 fully saturated rings. The minimum Gasteiger partial charge on any atom is -0.367 e. The Morgan fingerprint density at radius 1 is 1.55 bits per heavy atom. The lowest BCUT2D eigenvalue weighted by Crippen LogP contribution is -2.55. The van der Waals surface area contributed by atoms with Crippen LogP contribution in [0.15, 0.2) is 18.2 Å². The Hall–Kier alpha value is -0.840. The van der Waals surface area contributed by atoms with Crippen molar-refractivity contribution in [2.45, 2.75) is 25.6 Å². The molecule has 1 unspecified atom stereocenters. The summed E-state index contributed by atoms with van der Waals surface area (Å²) in [5.41, 5.74) is -0.328. The van der Waals surface area contributed by atoms with Crippen LogP contribution in [0.1, 0.15) is 24.2 Å². The number of benzene rings is 1. The van der Waals surface area contributed by atoms with Crippen molar-refractivity contribution in [3.8, 4) is 0 Å². The Kier molecular flexibility index (Phi) is 4.57. The van der Waals surface area contributed by atoms with Gasteiger partial charge >= 0.3 is 0 Å². The Morgan fingerprint density at radius 2 is 2.25 bits per heavy atom. The fraction of sp³-hybridized carbons (Fsp3) is 0.500. The Balaban J connectivity index is 2.26. The van der Waals surface area contributed by atoms with Gasteiger partial charge in [0, 0.05) is 13.1 Å². The van der Waals surface area contributed by atoms with E-state index in [0.717, 1.165) is 0 Å². The van der Waals surface area contributed by atoms with E-state index >= 15 is 0 Å². The van der Waals surface area contributed by atoms with E-state index in [4.69, 9.17) is 27.9 Å². The van der Waals surface area contributed by atoms with Gasteiger partial charge in [-0.05, 0) is 26.0 Å². The van der Waals surface area contributed by atoms with Crippen LogP contribution in [-0.2, 0) is 4.74 Å². The number of carbonyl (C=O) groups is 1. The third-order valence-electron chi connectivity index (χ3n) is 3.12. The smallest absolute Gasteiger partial charge is 0.255 e. The molecule has 3 nitrogen and oxygen atoms in total. The van der Waals surface area contributed by atoms with E-state index in [1.54, 1.807) is 4.90 Å². The molecular formula is C14H16Cl2FNO2. The second-order valence-electron chi connectivity index (χ2n) is 5.44. The molecule has 1 saturated heterocycles. The molecule has 6 heteroatoms.